The quantitative estimate of drug-likeness (QED) is 0.695. The number of para-hydroxylation sites is 1. The predicted octanol–water partition coefficient (Wildman–Crippen LogP) is 3.66. The number of nitrogens with one attached hydrogen (secondary N) is 2. The molecule has 1 unspecified atom stereocenters. The summed E-state index contributed by atoms with van der Waals surface area (Å²) in [6.45, 7) is 1.41. The zero-order valence-electron chi connectivity index (χ0n) is 16.2. The Morgan fingerprint density at radius 2 is 1.86 bits per heavy atom. The lowest BCUT2D eigenvalue weighted by atomic mass is 10.0. The van der Waals surface area contributed by atoms with Gasteiger partial charge in [-0.3, -0.25) is 9.59 Å². The summed E-state index contributed by atoms with van der Waals surface area (Å²) in [6.07, 6.45) is 5.33. The Bertz CT molecular complexity index is 1020. The highest BCUT2D eigenvalue weighted by Crippen LogP contribution is 2.20. The van der Waals surface area contributed by atoms with Crippen LogP contribution in [0.4, 0.5) is 4.39 Å². The van der Waals surface area contributed by atoms with Gasteiger partial charge >= 0.3 is 0 Å². The molecule has 0 spiro atoms. The second-order valence-corrected chi connectivity index (χ2v) is 7.49. The first-order valence-electron chi connectivity index (χ1n) is 10.0. The standard InChI is InChI=1S/C23H24FN3O2/c24-18-8-6-7-16(13-18)22(28)26-21(23(29)27-11-4-1-5-12-27)14-17-15-25-20-10-3-2-9-19(17)20/h2-3,6-10,13,15,21,25H,1,4-5,11-12,14H2,(H,26,28). The van der Waals surface area contributed by atoms with E-state index in [0.29, 0.717) is 19.5 Å². The molecule has 0 bridgehead atoms. The number of halogens is 1. The van der Waals surface area contributed by atoms with Crippen molar-refractivity contribution in [2.24, 2.45) is 0 Å². The first kappa shape index (κ1) is 19.2. The lowest BCUT2D eigenvalue weighted by Crippen LogP contribution is -2.51. The lowest BCUT2D eigenvalue weighted by molar-refractivity contribution is -0.134. The molecular formula is C23H24FN3O2. The minimum absolute atomic E-state index is 0.0836. The highest BCUT2D eigenvalue weighted by atomic mass is 19.1. The van der Waals surface area contributed by atoms with E-state index in [1.807, 2.05) is 35.4 Å². The number of nitrogens with zero attached hydrogens (tertiary/aromatic N) is 1. The minimum Gasteiger partial charge on any atom is -0.361 e. The third kappa shape index (κ3) is 4.31. The summed E-state index contributed by atoms with van der Waals surface area (Å²) >= 11 is 0. The van der Waals surface area contributed by atoms with Crippen LogP contribution >= 0.6 is 0 Å². The number of amides is 2. The molecule has 2 heterocycles. The van der Waals surface area contributed by atoms with Crippen LogP contribution in [-0.4, -0.2) is 40.8 Å². The molecule has 0 radical (unpaired) electrons. The second kappa shape index (κ2) is 8.47. The van der Waals surface area contributed by atoms with Gasteiger partial charge in [0.1, 0.15) is 11.9 Å². The molecular weight excluding hydrogens is 369 g/mol. The Balaban J connectivity index is 1.59. The maximum Gasteiger partial charge on any atom is 0.252 e. The van der Waals surface area contributed by atoms with Gasteiger partial charge in [-0.05, 0) is 49.1 Å². The van der Waals surface area contributed by atoms with Gasteiger partial charge in [-0.1, -0.05) is 24.3 Å². The molecule has 1 saturated heterocycles. The van der Waals surface area contributed by atoms with E-state index in [9.17, 15) is 14.0 Å². The first-order chi connectivity index (χ1) is 14.1. The summed E-state index contributed by atoms with van der Waals surface area (Å²) in [5, 5.41) is 3.88. The topological polar surface area (TPSA) is 65.2 Å². The fourth-order valence-corrected chi connectivity index (χ4v) is 3.93. The number of likely N-dealkylation sites (tertiary alicyclic amines) is 1. The Labute approximate surface area is 168 Å². The number of aromatic amines is 1. The number of hydrogen-bond donors (Lipinski definition) is 2. The van der Waals surface area contributed by atoms with E-state index in [4.69, 9.17) is 0 Å². The van der Waals surface area contributed by atoms with Crippen LogP contribution in [0.1, 0.15) is 35.2 Å². The number of carbonyl (C=O) groups excluding carboxylic acids is 2. The van der Waals surface area contributed by atoms with Gasteiger partial charge in [0.15, 0.2) is 0 Å². The largest absolute Gasteiger partial charge is 0.361 e. The molecule has 6 heteroatoms. The van der Waals surface area contributed by atoms with Crippen LogP contribution in [0.2, 0.25) is 0 Å². The maximum atomic E-state index is 13.5. The SMILES string of the molecule is O=C(NC(Cc1c[nH]c2ccccc12)C(=O)N1CCCCC1)c1cccc(F)c1. The number of aromatic nitrogens is 1. The van der Waals surface area contributed by atoms with E-state index in [1.54, 1.807) is 6.07 Å². The molecule has 1 aliphatic heterocycles. The van der Waals surface area contributed by atoms with Crippen LogP contribution in [0.3, 0.4) is 0 Å². The van der Waals surface area contributed by atoms with Crippen LogP contribution < -0.4 is 5.32 Å². The van der Waals surface area contributed by atoms with Crippen molar-refractivity contribution >= 4 is 22.7 Å². The van der Waals surface area contributed by atoms with E-state index < -0.39 is 17.8 Å². The van der Waals surface area contributed by atoms with Crippen molar-refractivity contribution in [3.8, 4) is 0 Å². The molecule has 4 rings (SSSR count). The summed E-state index contributed by atoms with van der Waals surface area (Å²) in [7, 11) is 0. The van der Waals surface area contributed by atoms with Crippen molar-refractivity contribution in [3.63, 3.8) is 0 Å². The third-order valence-electron chi connectivity index (χ3n) is 5.46. The Morgan fingerprint density at radius 1 is 1.07 bits per heavy atom. The highest BCUT2D eigenvalue weighted by molar-refractivity contribution is 5.98. The minimum atomic E-state index is -0.705. The highest BCUT2D eigenvalue weighted by Gasteiger charge is 2.28. The van der Waals surface area contributed by atoms with Crippen molar-refractivity contribution in [2.45, 2.75) is 31.7 Å². The molecule has 150 valence electrons. The van der Waals surface area contributed by atoms with Crippen LogP contribution in [0.15, 0.2) is 54.7 Å². The molecule has 5 nitrogen and oxygen atoms in total. The zero-order chi connectivity index (χ0) is 20.2. The number of carbonyl (C=O) groups is 2. The molecule has 2 N–H and O–H groups in total. The number of fused-ring (bicyclic) bond motifs is 1. The van der Waals surface area contributed by atoms with Crippen LogP contribution in [0.5, 0.6) is 0 Å². The van der Waals surface area contributed by atoms with Crippen LogP contribution in [0, 0.1) is 5.82 Å². The summed E-state index contributed by atoms with van der Waals surface area (Å²) in [6, 6.07) is 12.7. The molecule has 2 amide bonds. The molecule has 0 aliphatic carbocycles. The molecule has 1 aliphatic rings. The van der Waals surface area contributed by atoms with Crippen molar-refractivity contribution in [2.75, 3.05) is 13.1 Å². The van der Waals surface area contributed by atoms with Gasteiger partial charge < -0.3 is 15.2 Å². The number of piperidine rings is 1. The monoisotopic (exact) mass is 393 g/mol. The van der Waals surface area contributed by atoms with Crippen molar-refractivity contribution in [1.29, 1.82) is 0 Å². The summed E-state index contributed by atoms with van der Waals surface area (Å²) < 4.78 is 13.5. The van der Waals surface area contributed by atoms with Gasteiger partial charge in [0.2, 0.25) is 5.91 Å². The van der Waals surface area contributed by atoms with Crippen LogP contribution in [0.25, 0.3) is 10.9 Å². The molecule has 1 aromatic heterocycles. The summed E-state index contributed by atoms with van der Waals surface area (Å²) in [4.78, 5) is 31.0. The van der Waals surface area contributed by atoms with Gasteiger partial charge in [0.05, 0.1) is 0 Å². The average molecular weight is 393 g/mol. The van der Waals surface area contributed by atoms with Gasteiger partial charge in [-0.25, -0.2) is 4.39 Å². The van der Waals surface area contributed by atoms with Gasteiger partial charge in [0, 0.05) is 42.2 Å². The molecule has 2 aromatic carbocycles. The van der Waals surface area contributed by atoms with E-state index in [2.05, 4.69) is 10.3 Å². The van der Waals surface area contributed by atoms with Crippen molar-refractivity contribution < 1.29 is 14.0 Å². The van der Waals surface area contributed by atoms with Crippen molar-refractivity contribution in [3.05, 3.63) is 71.7 Å². The number of H-pyrrole nitrogens is 1. The average Bonchev–Trinajstić information content (AvgIpc) is 3.16. The van der Waals surface area contributed by atoms with E-state index in [0.717, 1.165) is 35.7 Å². The smallest absolute Gasteiger partial charge is 0.252 e. The van der Waals surface area contributed by atoms with Crippen LogP contribution in [-0.2, 0) is 11.2 Å². The zero-order valence-corrected chi connectivity index (χ0v) is 16.2. The van der Waals surface area contributed by atoms with Gasteiger partial charge in [-0.2, -0.15) is 0 Å². The fraction of sp³-hybridized carbons (Fsp3) is 0.304. The predicted molar refractivity (Wildman–Crippen MR) is 110 cm³/mol. The fourth-order valence-electron chi connectivity index (χ4n) is 3.93. The Hall–Kier alpha value is -3.15. The van der Waals surface area contributed by atoms with E-state index >= 15 is 0 Å². The molecule has 29 heavy (non-hydrogen) atoms. The molecule has 0 saturated carbocycles. The lowest BCUT2D eigenvalue weighted by Gasteiger charge is -2.30. The van der Waals surface area contributed by atoms with Gasteiger partial charge in [-0.15, -0.1) is 0 Å². The van der Waals surface area contributed by atoms with Gasteiger partial charge in [0.25, 0.3) is 5.91 Å². The van der Waals surface area contributed by atoms with E-state index in [1.165, 1.54) is 18.2 Å². The van der Waals surface area contributed by atoms with E-state index in [-0.39, 0.29) is 11.5 Å². The molecule has 3 aromatic rings. The summed E-state index contributed by atoms with van der Waals surface area (Å²) in [5.41, 5.74) is 2.17. The third-order valence-corrected chi connectivity index (χ3v) is 5.46. The Morgan fingerprint density at radius 3 is 2.66 bits per heavy atom. The summed E-state index contributed by atoms with van der Waals surface area (Å²) in [5.74, 6) is -1.01. The molecule has 1 fully saturated rings. The maximum absolute atomic E-state index is 13.5. The number of rotatable bonds is 5. The number of benzene rings is 2. The second-order valence-electron chi connectivity index (χ2n) is 7.49. The first-order valence-corrected chi connectivity index (χ1v) is 10.0. The molecule has 1 atom stereocenters. The number of hydrogen-bond acceptors (Lipinski definition) is 2. The Kier molecular flexibility index (Phi) is 5.60. The normalized spacial score (nSPS) is 15.3. The van der Waals surface area contributed by atoms with Crippen molar-refractivity contribution in [1.82, 2.24) is 15.2 Å².